The highest BCUT2D eigenvalue weighted by atomic mass is 127. The molecular weight excluding hydrogens is 457 g/mol. The van der Waals surface area contributed by atoms with Crippen LogP contribution in [0.3, 0.4) is 0 Å². The lowest BCUT2D eigenvalue weighted by Crippen LogP contribution is -2.46. The van der Waals surface area contributed by atoms with Crippen molar-refractivity contribution in [2.45, 2.75) is 33.2 Å². The van der Waals surface area contributed by atoms with Crippen LogP contribution in [0, 0.1) is 0 Å². The highest BCUT2D eigenvalue weighted by Crippen LogP contribution is 2.02. The Hall–Kier alpha value is -0.620. The number of nitrogens with one attached hydrogen (secondary N) is 3. The second-order valence-corrected chi connectivity index (χ2v) is 9.22. The predicted molar refractivity (Wildman–Crippen MR) is 112 cm³/mol. The second kappa shape index (κ2) is 11.2. The Balaban J connectivity index is 0.00000576. The first-order valence-corrected chi connectivity index (χ1v) is 10.2. The van der Waals surface area contributed by atoms with Gasteiger partial charge in [-0.25, -0.2) is 13.4 Å². The molecule has 1 saturated heterocycles. The topological polar surface area (TPSA) is 103 Å². The third kappa shape index (κ3) is 11.6. The van der Waals surface area contributed by atoms with Gasteiger partial charge < -0.3 is 16.0 Å². The van der Waals surface area contributed by atoms with Crippen molar-refractivity contribution < 1.29 is 13.2 Å². The van der Waals surface area contributed by atoms with Gasteiger partial charge in [-0.3, -0.25) is 9.69 Å². The fourth-order valence-corrected chi connectivity index (χ4v) is 3.53. The summed E-state index contributed by atoms with van der Waals surface area (Å²) in [6.45, 7) is 11.0. The molecule has 0 aromatic rings. The molecule has 1 rings (SSSR count). The summed E-state index contributed by atoms with van der Waals surface area (Å²) < 4.78 is 22.8. The van der Waals surface area contributed by atoms with E-state index in [9.17, 15) is 13.2 Å². The molecule has 1 aliphatic heterocycles. The van der Waals surface area contributed by atoms with Crippen molar-refractivity contribution in [1.29, 1.82) is 0 Å². The lowest BCUT2D eigenvalue weighted by molar-refractivity contribution is -0.121. The Morgan fingerprint density at radius 1 is 1.16 bits per heavy atom. The van der Waals surface area contributed by atoms with E-state index in [-0.39, 0.29) is 53.5 Å². The number of amides is 1. The second-order valence-electron chi connectivity index (χ2n) is 6.91. The number of sulfone groups is 1. The molecule has 0 spiro atoms. The minimum Gasteiger partial charge on any atom is -0.357 e. The number of carbonyl (C=O) groups excluding carboxylic acids is 1. The van der Waals surface area contributed by atoms with Gasteiger partial charge in [0.25, 0.3) is 0 Å². The molecule has 1 aliphatic rings. The Morgan fingerprint density at radius 3 is 2.28 bits per heavy atom. The predicted octanol–water partition coefficient (Wildman–Crippen LogP) is -0.195. The fraction of sp³-hybridized carbons (Fsp3) is 0.867. The molecule has 1 amide bonds. The van der Waals surface area contributed by atoms with Crippen LogP contribution in [-0.4, -0.2) is 81.5 Å². The van der Waals surface area contributed by atoms with Crippen LogP contribution in [0.25, 0.3) is 0 Å². The Morgan fingerprint density at radius 2 is 1.76 bits per heavy atom. The van der Waals surface area contributed by atoms with Crippen molar-refractivity contribution in [1.82, 2.24) is 20.9 Å². The van der Waals surface area contributed by atoms with Crippen LogP contribution in [0.2, 0.25) is 0 Å². The average Bonchev–Trinajstić information content (AvgIpc) is 2.44. The van der Waals surface area contributed by atoms with Gasteiger partial charge in [0.2, 0.25) is 5.91 Å². The molecule has 0 atom stereocenters. The Kier molecular flexibility index (Phi) is 10.9. The van der Waals surface area contributed by atoms with Crippen LogP contribution in [0.5, 0.6) is 0 Å². The van der Waals surface area contributed by atoms with Crippen LogP contribution < -0.4 is 16.0 Å². The zero-order chi connectivity index (χ0) is 18.2. The molecule has 0 aliphatic carbocycles. The summed E-state index contributed by atoms with van der Waals surface area (Å²) >= 11 is 0. The van der Waals surface area contributed by atoms with Gasteiger partial charge in [-0.05, 0) is 27.7 Å². The molecule has 8 nitrogen and oxygen atoms in total. The van der Waals surface area contributed by atoms with Crippen LogP contribution in [0.15, 0.2) is 4.99 Å². The molecule has 148 valence electrons. The normalized spacial score (nSPS) is 18.2. The largest absolute Gasteiger partial charge is 0.357 e. The van der Waals surface area contributed by atoms with Crippen molar-refractivity contribution in [3.8, 4) is 0 Å². The summed E-state index contributed by atoms with van der Waals surface area (Å²) in [5.74, 6) is 0.926. The molecule has 0 aromatic heterocycles. The SMILES string of the molecule is CCNC(=NCC(=O)NC(C)(C)C)NCCN1CCS(=O)(=O)CC1.I. The molecule has 10 heteroatoms. The number of rotatable bonds is 6. The zero-order valence-electron chi connectivity index (χ0n) is 15.6. The van der Waals surface area contributed by atoms with E-state index in [0.717, 1.165) is 6.54 Å². The van der Waals surface area contributed by atoms with Crippen molar-refractivity contribution in [2.75, 3.05) is 50.8 Å². The molecule has 25 heavy (non-hydrogen) atoms. The molecular formula is C15H32IN5O3S. The maximum atomic E-state index is 11.8. The quantitative estimate of drug-likeness (QED) is 0.272. The van der Waals surface area contributed by atoms with Crippen LogP contribution >= 0.6 is 24.0 Å². The first-order chi connectivity index (χ1) is 11.1. The standard InChI is InChI=1S/C15H31N5O3S.HI/c1-5-16-14(18-12-13(21)19-15(2,3)4)17-6-7-20-8-10-24(22,23)11-9-20;/h5-12H2,1-4H3,(H,19,21)(H2,16,17,18);1H. The van der Waals surface area contributed by atoms with Gasteiger partial charge in [-0.1, -0.05) is 0 Å². The summed E-state index contributed by atoms with van der Waals surface area (Å²) in [6.07, 6.45) is 0. The summed E-state index contributed by atoms with van der Waals surface area (Å²) in [7, 11) is -2.84. The van der Waals surface area contributed by atoms with Gasteiger partial charge in [0, 0.05) is 38.3 Å². The minimum atomic E-state index is -2.84. The smallest absolute Gasteiger partial charge is 0.242 e. The van der Waals surface area contributed by atoms with Gasteiger partial charge in [0.15, 0.2) is 15.8 Å². The third-order valence-corrected chi connectivity index (χ3v) is 5.01. The first kappa shape index (κ1) is 24.4. The van der Waals surface area contributed by atoms with Gasteiger partial charge >= 0.3 is 0 Å². The monoisotopic (exact) mass is 489 g/mol. The van der Waals surface area contributed by atoms with E-state index < -0.39 is 9.84 Å². The van der Waals surface area contributed by atoms with Crippen molar-refractivity contribution in [2.24, 2.45) is 4.99 Å². The molecule has 0 radical (unpaired) electrons. The lowest BCUT2D eigenvalue weighted by Gasteiger charge is -2.26. The number of nitrogens with zero attached hydrogens (tertiary/aromatic N) is 2. The molecule has 1 fully saturated rings. The number of aliphatic imine (C=N–C) groups is 1. The molecule has 0 bridgehead atoms. The minimum absolute atomic E-state index is 0. The molecule has 0 saturated carbocycles. The number of hydrogen-bond donors (Lipinski definition) is 3. The number of guanidine groups is 1. The average molecular weight is 489 g/mol. The first-order valence-electron chi connectivity index (χ1n) is 8.37. The third-order valence-electron chi connectivity index (χ3n) is 3.40. The highest BCUT2D eigenvalue weighted by Gasteiger charge is 2.21. The van der Waals surface area contributed by atoms with Gasteiger partial charge in [-0.15, -0.1) is 24.0 Å². The number of carbonyl (C=O) groups is 1. The van der Waals surface area contributed by atoms with Gasteiger partial charge in [-0.2, -0.15) is 0 Å². The van der Waals surface area contributed by atoms with Crippen LogP contribution in [0.1, 0.15) is 27.7 Å². The van der Waals surface area contributed by atoms with E-state index in [2.05, 4.69) is 25.8 Å². The highest BCUT2D eigenvalue weighted by molar-refractivity contribution is 14.0. The lowest BCUT2D eigenvalue weighted by atomic mass is 10.1. The van der Waals surface area contributed by atoms with Crippen molar-refractivity contribution in [3.05, 3.63) is 0 Å². The number of hydrogen-bond acceptors (Lipinski definition) is 5. The van der Waals surface area contributed by atoms with Crippen molar-refractivity contribution >= 4 is 45.7 Å². The summed E-state index contributed by atoms with van der Waals surface area (Å²) in [5, 5.41) is 9.14. The summed E-state index contributed by atoms with van der Waals surface area (Å²) in [4.78, 5) is 18.2. The Bertz CT molecular complexity index is 532. The molecule has 1 heterocycles. The van der Waals surface area contributed by atoms with E-state index in [4.69, 9.17) is 0 Å². The van der Waals surface area contributed by atoms with E-state index in [1.165, 1.54) is 0 Å². The van der Waals surface area contributed by atoms with Gasteiger partial charge in [0.05, 0.1) is 11.5 Å². The maximum Gasteiger partial charge on any atom is 0.242 e. The summed E-state index contributed by atoms with van der Waals surface area (Å²) in [6, 6.07) is 0. The molecule has 0 aromatic carbocycles. The van der Waals surface area contributed by atoms with E-state index >= 15 is 0 Å². The maximum absolute atomic E-state index is 11.8. The van der Waals surface area contributed by atoms with Gasteiger partial charge in [0.1, 0.15) is 6.54 Å². The van der Waals surface area contributed by atoms with E-state index in [1.807, 2.05) is 27.7 Å². The number of halogens is 1. The van der Waals surface area contributed by atoms with Crippen molar-refractivity contribution in [3.63, 3.8) is 0 Å². The van der Waals surface area contributed by atoms with Crippen LogP contribution in [0.4, 0.5) is 0 Å². The fourth-order valence-electron chi connectivity index (χ4n) is 2.26. The molecule has 3 N–H and O–H groups in total. The Labute approximate surface area is 168 Å². The van der Waals surface area contributed by atoms with E-state index in [1.54, 1.807) is 0 Å². The van der Waals surface area contributed by atoms with Crippen LogP contribution in [-0.2, 0) is 14.6 Å². The van der Waals surface area contributed by atoms with E-state index in [0.29, 0.717) is 32.1 Å². The summed E-state index contributed by atoms with van der Waals surface area (Å²) in [5.41, 5.74) is -0.271. The molecule has 0 unspecified atom stereocenters. The zero-order valence-corrected chi connectivity index (χ0v) is 18.7.